The molecule has 18 aromatic rings. The minimum Gasteiger partial charge on any atom is -0.264 e. The van der Waals surface area contributed by atoms with E-state index in [4.69, 9.17) is 0 Å². The molecule has 0 bridgehead atoms. The zero-order chi connectivity index (χ0) is 61.3. The molecule has 18 aromatic heterocycles. The molecule has 18 heterocycles. The van der Waals surface area contributed by atoms with Gasteiger partial charge in [-0.15, -0.1) is 0 Å². The lowest BCUT2D eigenvalue weighted by molar-refractivity contribution is 1.13. The van der Waals surface area contributed by atoms with E-state index in [1.165, 1.54) is 50.6 Å². The van der Waals surface area contributed by atoms with E-state index in [2.05, 4.69) is 150 Å². The van der Waals surface area contributed by atoms with E-state index in [1.54, 1.807) is 155 Å². The van der Waals surface area contributed by atoms with E-state index < -0.39 is 0 Å². The second-order valence-electron chi connectivity index (χ2n) is 17.0. The van der Waals surface area contributed by atoms with Gasteiger partial charge in [0.15, 0.2) is 28.2 Å². The van der Waals surface area contributed by atoms with Gasteiger partial charge in [-0.05, 0) is 54.6 Å². The van der Waals surface area contributed by atoms with Crippen LogP contribution < -0.4 is 0 Å². The highest BCUT2D eigenvalue weighted by atomic mass is 15.0. The Morgan fingerprint density at radius 3 is 1.02 bits per heavy atom. The molecular formula is C60H42N30. The van der Waals surface area contributed by atoms with E-state index in [0.717, 1.165) is 76.8 Å². The maximum absolute atomic E-state index is 4.08. The van der Waals surface area contributed by atoms with Crippen molar-refractivity contribution in [2.45, 2.75) is 0 Å². The van der Waals surface area contributed by atoms with Crippen molar-refractivity contribution in [3.05, 3.63) is 260 Å². The van der Waals surface area contributed by atoms with Crippen LogP contribution in [0.25, 0.3) is 99.4 Å². The van der Waals surface area contributed by atoms with Crippen LogP contribution in [0.4, 0.5) is 0 Å². The fraction of sp³-hybridized carbons (Fsp3) is 0. The summed E-state index contributed by atoms with van der Waals surface area (Å²) in [5.41, 5.74) is 11.0. The van der Waals surface area contributed by atoms with Crippen LogP contribution in [0, 0.1) is 0 Å². The van der Waals surface area contributed by atoms with Crippen molar-refractivity contribution in [2.75, 3.05) is 0 Å². The van der Waals surface area contributed by atoms with Gasteiger partial charge >= 0.3 is 0 Å². The summed E-state index contributed by atoms with van der Waals surface area (Å²) in [6.45, 7) is 0. The van der Waals surface area contributed by atoms with Gasteiger partial charge in [-0.3, -0.25) is 34.9 Å². The Balaban J connectivity index is 0.000000111. The molecule has 0 unspecified atom stereocenters. The van der Waals surface area contributed by atoms with E-state index in [0.29, 0.717) is 22.6 Å². The monoisotopic (exact) mass is 1180 g/mol. The third-order valence-electron chi connectivity index (χ3n) is 11.2. The SMILES string of the molecule is c1cc2cncnc2cn1.c1cc2nccnc2cn1.c1cc2ncncc2cn1.c1cnc2cncnc2c1.c1cnc2nccnc2c1.c1cnc2nccnc2n1.c1cnc2ncncc2c1.c1ncc2cncnc2n1.c1ncc2ncncc2n1. The number of hydrogen-bond acceptors (Lipinski definition) is 30. The summed E-state index contributed by atoms with van der Waals surface area (Å²) in [5.74, 6) is 0. The van der Waals surface area contributed by atoms with E-state index in [1.807, 2.05) is 54.6 Å². The Bertz CT molecular complexity index is 3540. The topological polar surface area (TPSA) is 387 Å². The first-order valence-electron chi connectivity index (χ1n) is 26.3. The van der Waals surface area contributed by atoms with Crippen molar-refractivity contribution in [3.63, 3.8) is 0 Å². The summed E-state index contributed by atoms with van der Waals surface area (Å²) in [4.78, 5) is 118. The summed E-state index contributed by atoms with van der Waals surface area (Å²) in [7, 11) is 0. The molecule has 0 N–H and O–H groups in total. The van der Waals surface area contributed by atoms with Crippen LogP contribution in [-0.4, -0.2) is 150 Å². The zero-order valence-corrected chi connectivity index (χ0v) is 46.7. The number of pyridine rings is 6. The van der Waals surface area contributed by atoms with Crippen molar-refractivity contribution < 1.29 is 0 Å². The molecule has 0 amide bonds. The van der Waals surface area contributed by atoms with Gasteiger partial charge in [-0.1, -0.05) is 0 Å². The molecule has 90 heavy (non-hydrogen) atoms. The third kappa shape index (κ3) is 18.1. The second-order valence-corrected chi connectivity index (χ2v) is 17.0. The second kappa shape index (κ2) is 32.9. The van der Waals surface area contributed by atoms with Gasteiger partial charge in [0.1, 0.15) is 78.2 Å². The zero-order valence-electron chi connectivity index (χ0n) is 46.7. The lowest BCUT2D eigenvalue weighted by Crippen LogP contribution is -1.87. The molecule has 18 rings (SSSR count). The molecule has 30 nitrogen and oxygen atoms in total. The van der Waals surface area contributed by atoms with Crippen LogP contribution in [0.3, 0.4) is 0 Å². The lowest BCUT2D eigenvalue weighted by Gasteiger charge is -1.90. The highest BCUT2D eigenvalue weighted by Crippen LogP contribution is 2.08. The lowest BCUT2D eigenvalue weighted by atomic mass is 10.3. The summed E-state index contributed by atoms with van der Waals surface area (Å²) >= 11 is 0. The normalized spacial score (nSPS) is 10.0. The minimum absolute atomic E-state index is 0.588. The average molecular weight is 1180 g/mol. The quantitative estimate of drug-likeness (QED) is 0.142. The maximum Gasteiger partial charge on any atom is 0.197 e. The third-order valence-corrected chi connectivity index (χ3v) is 11.2. The van der Waals surface area contributed by atoms with Crippen molar-refractivity contribution in [3.8, 4) is 0 Å². The standard InChI is InChI=1S/6C7H5N3.3C6H4N4/c1-2-8-3-6-4-9-5-10-7(1)6;1-2-8-4-7-6(1)3-9-5-10-7;1-2-8-5-7-6(1)9-3-4-10-7;1-2-6-7(9-3-1)4-8-5-10-6;1-2-6-4-8-5-10-7(6)9-3-1;1-2-6-7(9-3-1)10-5-4-8-6;1-5-6(10-3-7-1)2-8-4-9-5;1-5-2-8-4-10-6(5)9-3-7-1;1-2-8-6-5(7-1)9-3-4-10-6/h6*1-5H;3*1-4H. The Morgan fingerprint density at radius 2 is 0.467 bits per heavy atom. The van der Waals surface area contributed by atoms with E-state index in [9.17, 15) is 0 Å². The molecule has 0 atom stereocenters. The molecule has 0 fully saturated rings. The number of rotatable bonds is 0. The van der Waals surface area contributed by atoms with Gasteiger partial charge in [0.05, 0.1) is 58.4 Å². The van der Waals surface area contributed by atoms with Crippen LogP contribution in [-0.2, 0) is 0 Å². The maximum atomic E-state index is 4.08. The Kier molecular flexibility index (Phi) is 21.7. The summed E-state index contributed by atoms with van der Waals surface area (Å²) in [5, 5.41) is 3.84. The molecule has 0 aliphatic heterocycles. The molecule has 30 heteroatoms. The van der Waals surface area contributed by atoms with Gasteiger partial charge in [0.25, 0.3) is 0 Å². The fourth-order valence-corrected chi connectivity index (χ4v) is 7.08. The highest BCUT2D eigenvalue weighted by Gasteiger charge is 1.96. The first-order chi connectivity index (χ1) is 44.7. The van der Waals surface area contributed by atoms with Crippen LogP contribution in [0.5, 0.6) is 0 Å². The first-order valence-corrected chi connectivity index (χ1v) is 26.3. The average Bonchev–Trinajstić information content (AvgIpc) is 3.79. The molecule has 0 aliphatic rings. The number of aromatic nitrogens is 30. The van der Waals surface area contributed by atoms with E-state index in [-0.39, 0.29) is 0 Å². The molecule has 0 saturated carbocycles. The van der Waals surface area contributed by atoms with Gasteiger partial charge in [0, 0.05) is 140 Å². The number of hydrogen-bond donors (Lipinski definition) is 0. The Hall–Kier alpha value is -13.8. The summed E-state index contributed by atoms with van der Waals surface area (Å²) in [6, 6.07) is 16.9. The molecular weight excluding hydrogens is 1140 g/mol. The molecule has 0 radical (unpaired) electrons. The van der Waals surface area contributed by atoms with Crippen molar-refractivity contribution in [1.82, 2.24) is 150 Å². The smallest absolute Gasteiger partial charge is 0.197 e. The Morgan fingerprint density at radius 1 is 0.144 bits per heavy atom. The van der Waals surface area contributed by atoms with Crippen LogP contribution >= 0.6 is 0 Å². The Labute approximate surface area is 507 Å². The molecule has 432 valence electrons. The molecule has 0 aromatic carbocycles. The molecule has 0 saturated heterocycles. The van der Waals surface area contributed by atoms with Crippen LogP contribution in [0.15, 0.2) is 260 Å². The van der Waals surface area contributed by atoms with Crippen molar-refractivity contribution >= 4 is 99.4 Å². The van der Waals surface area contributed by atoms with Crippen molar-refractivity contribution in [1.29, 1.82) is 0 Å². The fourth-order valence-electron chi connectivity index (χ4n) is 7.08. The van der Waals surface area contributed by atoms with Crippen LogP contribution in [0.2, 0.25) is 0 Å². The van der Waals surface area contributed by atoms with E-state index >= 15 is 0 Å². The number of nitrogens with zero attached hydrogens (tertiary/aromatic N) is 30. The first kappa shape index (κ1) is 59.4. The van der Waals surface area contributed by atoms with Crippen molar-refractivity contribution in [2.24, 2.45) is 0 Å². The summed E-state index contributed by atoms with van der Waals surface area (Å²) in [6.07, 6.45) is 54.0. The predicted octanol–water partition coefficient (Wildman–Crippen LogP) is 7.41. The highest BCUT2D eigenvalue weighted by molar-refractivity contribution is 5.77. The predicted molar refractivity (Wildman–Crippen MR) is 329 cm³/mol. The van der Waals surface area contributed by atoms with Gasteiger partial charge in [0.2, 0.25) is 0 Å². The minimum atomic E-state index is 0.588. The molecule has 0 aliphatic carbocycles. The van der Waals surface area contributed by atoms with Gasteiger partial charge < -0.3 is 0 Å². The van der Waals surface area contributed by atoms with Gasteiger partial charge in [-0.25, -0.2) is 115 Å². The molecule has 0 spiro atoms. The van der Waals surface area contributed by atoms with Crippen LogP contribution in [0.1, 0.15) is 0 Å². The largest absolute Gasteiger partial charge is 0.264 e. The number of fused-ring (bicyclic) bond motifs is 9. The van der Waals surface area contributed by atoms with Gasteiger partial charge in [-0.2, -0.15) is 0 Å². The summed E-state index contributed by atoms with van der Waals surface area (Å²) < 4.78 is 0.